The lowest BCUT2D eigenvalue weighted by molar-refractivity contribution is 0.306. The Morgan fingerprint density at radius 2 is 1.72 bits per heavy atom. The highest BCUT2D eigenvalue weighted by molar-refractivity contribution is 6.37. The van der Waals surface area contributed by atoms with E-state index in [2.05, 4.69) is 12.1 Å². The van der Waals surface area contributed by atoms with Crippen molar-refractivity contribution in [1.82, 2.24) is 0 Å². The second-order valence-electron chi connectivity index (χ2n) is 6.05. The van der Waals surface area contributed by atoms with Gasteiger partial charge in [-0.25, -0.2) is 4.39 Å². The maximum atomic E-state index is 13.4. The molecule has 0 aliphatic heterocycles. The molecule has 0 unspecified atom stereocenters. The Bertz CT molecular complexity index is 1150. The van der Waals surface area contributed by atoms with Gasteiger partial charge in [0.25, 0.3) is 0 Å². The van der Waals surface area contributed by atoms with Crippen molar-refractivity contribution in [3.8, 4) is 17.9 Å². The van der Waals surface area contributed by atoms with Crippen LogP contribution in [0.25, 0.3) is 11.6 Å². The average Bonchev–Trinajstić information content (AvgIpc) is 2.71. The van der Waals surface area contributed by atoms with Crippen molar-refractivity contribution in [1.29, 1.82) is 10.5 Å². The van der Waals surface area contributed by atoms with Crippen LogP contribution in [0.5, 0.6) is 5.75 Å². The minimum Gasteiger partial charge on any atom is -0.486 e. The van der Waals surface area contributed by atoms with E-state index in [1.54, 1.807) is 42.5 Å². The molecule has 0 spiro atoms. The highest BCUT2D eigenvalue weighted by atomic mass is 35.5. The van der Waals surface area contributed by atoms with Crippen molar-refractivity contribution in [2.45, 2.75) is 6.61 Å². The Balaban J connectivity index is 1.87. The summed E-state index contributed by atoms with van der Waals surface area (Å²) in [7, 11) is 0. The predicted molar refractivity (Wildman–Crippen MR) is 112 cm³/mol. The van der Waals surface area contributed by atoms with Crippen LogP contribution in [0.3, 0.4) is 0 Å². The number of nitriles is 2. The van der Waals surface area contributed by atoms with E-state index < -0.39 is 5.82 Å². The van der Waals surface area contributed by atoms with Crippen molar-refractivity contribution >= 4 is 34.9 Å². The largest absolute Gasteiger partial charge is 0.486 e. The molecule has 6 heteroatoms. The van der Waals surface area contributed by atoms with Crippen molar-refractivity contribution in [2.24, 2.45) is 0 Å². The molecule has 0 aliphatic carbocycles. The summed E-state index contributed by atoms with van der Waals surface area (Å²) in [6, 6.07) is 20.2. The second kappa shape index (κ2) is 9.26. The van der Waals surface area contributed by atoms with Gasteiger partial charge < -0.3 is 4.74 Å². The molecule has 0 fully saturated rings. The molecule has 3 rings (SSSR count). The van der Waals surface area contributed by atoms with Crippen LogP contribution in [-0.4, -0.2) is 0 Å². The maximum absolute atomic E-state index is 13.4. The summed E-state index contributed by atoms with van der Waals surface area (Å²) in [6.07, 6.45) is 1.57. The zero-order chi connectivity index (χ0) is 20.8. The lowest BCUT2D eigenvalue weighted by atomic mass is 10.0. The minimum absolute atomic E-state index is 0.130. The van der Waals surface area contributed by atoms with Gasteiger partial charge in [-0.3, -0.25) is 0 Å². The lowest BCUT2D eigenvalue weighted by Gasteiger charge is -2.12. The van der Waals surface area contributed by atoms with Gasteiger partial charge in [0.2, 0.25) is 0 Å². The minimum atomic E-state index is -0.430. The summed E-state index contributed by atoms with van der Waals surface area (Å²) in [5, 5.41) is 19.1. The third-order valence-corrected chi connectivity index (χ3v) is 4.66. The zero-order valence-electron chi connectivity index (χ0n) is 15.0. The standard InChI is InChI=1S/C23H13Cl2FN2O/c24-21-9-15(8-19(13-28)16-6-3-7-20(26)11-16)10-22(25)23(21)29-14-18-5-2-1-4-17(18)12-27/h1-11H,14H2/b19-8-. The molecule has 3 aromatic rings. The van der Waals surface area contributed by atoms with E-state index in [1.807, 2.05) is 6.07 Å². The van der Waals surface area contributed by atoms with Crippen molar-refractivity contribution in [3.05, 3.63) is 98.8 Å². The van der Waals surface area contributed by atoms with Crippen molar-refractivity contribution in [3.63, 3.8) is 0 Å². The topological polar surface area (TPSA) is 56.8 Å². The highest BCUT2D eigenvalue weighted by Crippen LogP contribution is 2.36. The molecule has 0 heterocycles. The van der Waals surface area contributed by atoms with Gasteiger partial charge in [-0.05, 0) is 47.5 Å². The monoisotopic (exact) mass is 422 g/mol. The smallest absolute Gasteiger partial charge is 0.157 e. The van der Waals surface area contributed by atoms with Gasteiger partial charge in [0.15, 0.2) is 5.75 Å². The van der Waals surface area contributed by atoms with Gasteiger partial charge >= 0.3 is 0 Å². The molecule has 0 aliphatic rings. The molecule has 0 saturated heterocycles. The predicted octanol–water partition coefficient (Wildman–Crippen LogP) is 6.65. The third-order valence-electron chi connectivity index (χ3n) is 4.10. The third kappa shape index (κ3) is 4.95. The molecule has 29 heavy (non-hydrogen) atoms. The molecule has 3 aromatic carbocycles. The maximum Gasteiger partial charge on any atom is 0.157 e. The van der Waals surface area contributed by atoms with Crippen LogP contribution >= 0.6 is 23.2 Å². The number of ether oxygens (including phenoxy) is 1. The van der Waals surface area contributed by atoms with E-state index >= 15 is 0 Å². The number of rotatable bonds is 5. The first-order chi connectivity index (χ1) is 14.0. The van der Waals surface area contributed by atoms with E-state index in [9.17, 15) is 9.65 Å². The van der Waals surface area contributed by atoms with Crippen molar-refractivity contribution in [2.75, 3.05) is 0 Å². The van der Waals surface area contributed by atoms with Gasteiger partial charge in [0, 0.05) is 5.56 Å². The van der Waals surface area contributed by atoms with Gasteiger partial charge in [0.05, 0.1) is 33.3 Å². The molecule has 0 radical (unpaired) electrons. The summed E-state index contributed by atoms with van der Waals surface area (Å²) < 4.78 is 19.2. The van der Waals surface area contributed by atoms with E-state index in [-0.39, 0.29) is 28.0 Å². The first kappa shape index (κ1) is 20.4. The van der Waals surface area contributed by atoms with Gasteiger partial charge in [-0.15, -0.1) is 0 Å². The molecule has 3 nitrogen and oxygen atoms in total. The van der Waals surface area contributed by atoms with Crippen LogP contribution in [0.1, 0.15) is 22.3 Å². The van der Waals surface area contributed by atoms with E-state index in [0.717, 1.165) is 0 Å². The molecule has 0 N–H and O–H groups in total. The fourth-order valence-electron chi connectivity index (χ4n) is 2.71. The van der Waals surface area contributed by atoms with Crippen LogP contribution < -0.4 is 4.74 Å². The van der Waals surface area contributed by atoms with Crippen LogP contribution in [-0.2, 0) is 6.61 Å². The van der Waals surface area contributed by atoms with E-state index in [0.29, 0.717) is 22.3 Å². The highest BCUT2D eigenvalue weighted by Gasteiger charge is 2.12. The lowest BCUT2D eigenvalue weighted by Crippen LogP contribution is -1.99. The Hall–Kier alpha value is -3.31. The van der Waals surface area contributed by atoms with E-state index in [4.69, 9.17) is 33.2 Å². The Kier molecular flexibility index (Phi) is 6.52. The fourth-order valence-corrected chi connectivity index (χ4v) is 3.32. The summed E-state index contributed by atoms with van der Waals surface area (Å²) >= 11 is 12.7. The number of benzene rings is 3. The van der Waals surface area contributed by atoms with Gasteiger partial charge in [-0.1, -0.05) is 53.5 Å². The molecule has 0 bridgehead atoms. The SMILES string of the molecule is N#C/C(=C/c1cc(Cl)c(OCc2ccccc2C#N)c(Cl)c1)c1cccc(F)c1. The molecular weight excluding hydrogens is 410 g/mol. The van der Waals surface area contributed by atoms with Crippen LogP contribution in [0, 0.1) is 28.5 Å². The first-order valence-corrected chi connectivity index (χ1v) is 9.25. The van der Waals surface area contributed by atoms with Crippen LogP contribution in [0.2, 0.25) is 10.0 Å². The molecule has 0 atom stereocenters. The fraction of sp³-hybridized carbons (Fsp3) is 0.0435. The van der Waals surface area contributed by atoms with E-state index in [1.165, 1.54) is 18.2 Å². The summed E-state index contributed by atoms with van der Waals surface area (Å²) in [5.41, 5.74) is 2.52. The number of hydrogen-bond donors (Lipinski definition) is 0. The Morgan fingerprint density at radius 1 is 1.00 bits per heavy atom. The normalized spacial score (nSPS) is 10.9. The van der Waals surface area contributed by atoms with Crippen LogP contribution in [0.4, 0.5) is 4.39 Å². The molecule has 0 saturated carbocycles. The van der Waals surface area contributed by atoms with Crippen molar-refractivity contribution < 1.29 is 9.13 Å². The summed E-state index contributed by atoms with van der Waals surface area (Å²) in [6.45, 7) is 0.130. The van der Waals surface area contributed by atoms with Gasteiger partial charge in [0.1, 0.15) is 12.4 Å². The Morgan fingerprint density at radius 3 is 2.38 bits per heavy atom. The Labute approximate surface area is 177 Å². The van der Waals surface area contributed by atoms with Gasteiger partial charge in [-0.2, -0.15) is 10.5 Å². The zero-order valence-corrected chi connectivity index (χ0v) is 16.5. The number of hydrogen-bond acceptors (Lipinski definition) is 3. The first-order valence-electron chi connectivity index (χ1n) is 8.49. The average molecular weight is 423 g/mol. The molecule has 0 aromatic heterocycles. The second-order valence-corrected chi connectivity index (χ2v) is 6.87. The quantitative estimate of drug-likeness (QED) is 0.341. The van der Waals surface area contributed by atoms with Crippen LogP contribution in [0.15, 0.2) is 60.7 Å². The number of allylic oxidation sites excluding steroid dienone is 1. The number of halogens is 3. The summed E-state index contributed by atoms with van der Waals surface area (Å²) in [4.78, 5) is 0. The number of nitrogens with zero attached hydrogens (tertiary/aromatic N) is 2. The molecule has 0 amide bonds. The molecule has 142 valence electrons. The molecular formula is C23H13Cl2FN2O. The summed E-state index contributed by atoms with van der Waals surface area (Å²) in [5.74, 6) is -0.149.